The molecule has 2 nitrogen and oxygen atoms in total. The van der Waals surface area contributed by atoms with Crippen molar-refractivity contribution in [2.45, 2.75) is 62.5 Å². The summed E-state index contributed by atoms with van der Waals surface area (Å²) in [6.45, 7) is 2.35. The quantitative estimate of drug-likeness (QED) is 0.489. The molecule has 0 aromatic heterocycles. The van der Waals surface area contributed by atoms with Gasteiger partial charge in [-0.15, -0.1) is 0 Å². The van der Waals surface area contributed by atoms with E-state index in [4.69, 9.17) is 4.74 Å². The molecule has 2 saturated heterocycles. The second-order valence-corrected chi connectivity index (χ2v) is 5.82. The fourth-order valence-corrected chi connectivity index (χ4v) is 3.65. The van der Waals surface area contributed by atoms with Crippen LogP contribution in [0.5, 0.6) is 0 Å². The van der Waals surface area contributed by atoms with Gasteiger partial charge >= 0.3 is 5.97 Å². The van der Waals surface area contributed by atoms with Gasteiger partial charge in [0.15, 0.2) is 0 Å². The highest BCUT2D eigenvalue weighted by Gasteiger charge is 2.51. The smallest absolute Gasteiger partial charge is 0.303 e. The van der Waals surface area contributed by atoms with Crippen LogP contribution in [0.15, 0.2) is 0 Å². The summed E-state index contributed by atoms with van der Waals surface area (Å²) in [5.41, 5.74) is 0. The number of hydrogen-bond acceptors (Lipinski definition) is 2. The average molecular weight is 208 g/mol. The first kappa shape index (κ1) is 11.0. The SMILES string of the molecule is COC(=O)C12BC(C)(CCCCC1)CC2. The minimum atomic E-state index is -0.121. The van der Waals surface area contributed by atoms with Gasteiger partial charge in [0.1, 0.15) is 7.28 Å². The molecule has 0 spiro atoms. The molecule has 2 unspecified atom stereocenters. The van der Waals surface area contributed by atoms with Gasteiger partial charge in [-0.05, 0) is 12.8 Å². The molecule has 15 heavy (non-hydrogen) atoms. The van der Waals surface area contributed by atoms with Crippen LogP contribution in [-0.4, -0.2) is 20.4 Å². The summed E-state index contributed by atoms with van der Waals surface area (Å²) in [7, 11) is 2.60. The molecule has 2 fully saturated rings. The van der Waals surface area contributed by atoms with Crippen molar-refractivity contribution in [3.8, 4) is 0 Å². The first-order valence-electron chi connectivity index (χ1n) is 6.19. The Bertz CT molecular complexity index is 262. The van der Waals surface area contributed by atoms with Crippen molar-refractivity contribution in [1.29, 1.82) is 0 Å². The van der Waals surface area contributed by atoms with Gasteiger partial charge in [0.2, 0.25) is 0 Å². The van der Waals surface area contributed by atoms with Crippen LogP contribution in [0.4, 0.5) is 0 Å². The van der Waals surface area contributed by atoms with Crippen molar-refractivity contribution in [3.63, 3.8) is 0 Å². The van der Waals surface area contributed by atoms with Crippen LogP contribution >= 0.6 is 0 Å². The summed E-state index contributed by atoms with van der Waals surface area (Å²) in [5.74, 6) is 0.0492. The second kappa shape index (κ2) is 3.84. The van der Waals surface area contributed by atoms with Crippen LogP contribution in [0.3, 0.4) is 0 Å². The molecule has 0 saturated carbocycles. The van der Waals surface area contributed by atoms with Crippen LogP contribution < -0.4 is 0 Å². The molecule has 2 aliphatic heterocycles. The van der Waals surface area contributed by atoms with Crippen LogP contribution in [0.2, 0.25) is 10.6 Å². The maximum atomic E-state index is 11.9. The Morgan fingerprint density at radius 2 is 1.87 bits per heavy atom. The van der Waals surface area contributed by atoms with E-state index in [-0.39, 0.29) is 11.3 Å². The van der Waals surface area contributed by atoms with E-state index in [1.807, 2.05) is 0 Å². The van der Waals surface area contributed by atoms with E-state index in [2.05, 4.69) is 6.92 Å². The number of carbonyl (C=O) groups is 1. The van der Waals surface area contributed by atoms with Crippen molar-refractivity contribution in [1.82, 2.24) is 0 Å². The van der Waals surface area contributed by atoms with Crippen LogP contribution in [0, 0.1) is 0 Å². The zero-order valence-electron chi connectivity index (χ0n) is 9.97. The van der Waals surface area contributed by atoms with E-state index < -0.39 is 0 Å². The first-order valence-corrected chi connectivity index (χ1v) is 6.19. The van der Waals surface area contributed by atoms with Crippen LogP contribution in [-0.2, 0) is 9.53 Å². The highest BCUT2D eigenvalue weighted by molar-refractivity contribution is 6.51. The molecule has 0 amide bonds. The van der Waals surface area contributed by atoms with E-state index in [1.165, 1.54) is 39.2 Å². The molecule has 0 aromatic rings. The van der Waals surface area contributed by atoms with Gasteiger partial charge in [-0.3, -0.25) is 4.79 Å². The van der Waals surface area contributed by atoms with E-state index in [1.54, 1.807) is 0 Å². The molecule has 0 radical (unpaired) electrons. The van der Waals surface area contributed by atoms with Crippen molar-refractivity contribution in [2.24, 2.45) is 0 Å². The minimum Gasteiger partial charge on any atom is -0.469 e. The highest BCUT2D eigenvalue weighted by atomic mass is 16.5. The summed E-state index contributed by atoms with van der Waals surface area (Å²) in [4.78, 5) is 11.9. The zero-order valence-corrected chi connectivity index (χ0v) is 9.97. The largest absolute Gasteiger partial charge is 0.469 e. The third-order valence-corrected chi connectivity index (χ3v) is 4.53. The lowest BCUT2D eigenvalue weighted by molar-refractivity contribution is -0.144. The lowest BCUT2D eigenvalue weighted by atomic mass is 9.41. The van der Waals surface area contributed by atoms with E-state index >= 15 is 0 Å². The average Bonchev–Trinajstić information content (AvgIpc) is 2.56. The lowest BCUT2D eigenvalue weighted by Gasteiger charge is -2.31. The van der Waals surface area contributed by atoms with E-state index in [0.29, 0.717) is 5.31 Å². The van der Waals surface area contributed by atoms with Crippen molar-refractivity contribution in [3.05, 3.63) is 0 Å². The third kappa shape index (κ3) is 1.93. The number of ether oxygens (including phenoxy) is 1. The fraction of sp³-hybridized carbons (Fsp3) is 0.917. The van der Waals surface area contributed by atoms with Crippen LogP contribution in [0.1, 0.15) is 51.9 Å². The normalized spacial score (nSPS) is 40.1. The highest BCUT2D eigenvalue weighted by Crippen LogP contribution is 2.58. The Kier molecular flexibility index (Phi) is 2.82. The van der Waals surface area contributed by atoms with Gasteiger partial charge in [-0.1, -0.05) is 44.3 Å². The minimum absolute atomic E-state index is 0.0492. The van der Waals surface area contributed by atoms with Crippen LogP contribution in [0.25, 0.3) is 0 Å². The lowest BCUT2D eigenvalue weighted by Crippen LogP contribution is -2.31. The topological polar surface area (TPSA) is 26.3 Å². The molecular formula is C12H21BO2. The summed E-state index contributed by atoms with van der Waals surface area (Å²) < 4.78 is 5.01. The molecule has 0 aliphatic carbocycles. The molecular weight excluding hydrogens is 187 g/mol. The maximum absolute atomic E-state index is 11.9. The number of rotatable bonds is 1. The molecule has 0 aromatic carbocycles. The van der Waals surface area contributed by atoms with Crippen molar-refractivity contribution < 1.29 is 9.53 Å². The third-order valence-electron chi connectivity index (χ3n) is 4.53. The zero-order chi connectivity index (χ0) is 10.9. The Morgan fingerprint density at radius 1 is 1.13 bits per heavy atom. The van der Waals surface area contributed by atoms with Gasteiger partial charge < -0.3 is 4.74 Å². The Morgan fingerprint density at radius 3 is 2.60 bits per heavy atom. The molecule has 2 atom stereocenters. The Hall–Kier alpha value is -0.465. The summed E-state index contributed by atoms with van der Waals surface area (Å²) in [5, 5.41) is 0.290. The van der Waals surface area contributed by atoms with Gasteiger partial charge in [-0.2, -0.15) is 0 Å². The molecule has 2 rings (SSSR count). The standard InChI is InChI=1S/C12H21BO2/c1-11-6-4-3-5-7-12(13-11,9-8-11)10(14)15-2/h13H,3-9H2,1-2H3. The van der Waals surface area contributed by atoms with Gasteiger partial charge in [-0.25, -0.2) is 0 Å². The van der Waals surface area contributed by atoms with E-state index in [0.717, 1.165) is 20.1 Å². The second-order valence-electron chi connectivity index (χ2n) is 5.82. The number of methoxy groups -OCH3 is 1. The molecule has 2 bridgehead atoms. The summed E-state index contributed by atoms with van der Waals surface area (Å²) in [6.07, 6.45) is 8.44. The molecule has 0 N–H and O–H groups in total. The monoisotopic (exact) mass is 208 g/mol. The number of hydrogen-bond donors (Lipinski definition) is 0. The predicted molar refractivity (Wildman–Crippen MR) is 62.5 cm³/mol. The van der Waals surface area contributed by atoms with Gasteiger partial charge in [0, 0.05) is 5.31 Å². The number of carbonyl (C=O) groups excluding carboxylic acids is 1. The van der Waals surface area contributed by atoms with Gasteiger partial charge in [0.05, 0.1) is 7.11 Å². The first-order chi connectivity index (χ1) is 7.10. The van der Waals surface area contributed by atoms with Crippen molar-refractivity contribution in [2.75, 3.05) is 7.11 Å². The predicted octanol–water partition coefficient (Wildman–Crippen LogP) is 2.69. The number of esters is 1. The van der Waals surface area contributed by atoms with Crippen molar-refractivity contribution >= 4 is 13.2 Å². The molecule has 2 aliphatic rings. The summed E-state index contributed by atoms with van der Waals surface area (Å²) in [6, 6.07) is 0. The van der Waals surface area contributed by atoms with E-state index in [9.17, 15) is 4.79 Å². The Balaban J connectivity index is 2.20. The molecule has 2 heterocycles. The molecule has 84 valence electrons. The number of fused-ring (bicyclic) bond motifs is 2. The Labute approximate surface area is 93.0 Å². The fourth-order valence-electron chi connectivity index (χ4n) is 3.65. The maximum Gasteiger partial charge on any atom is 0.303 e. The van der Waals surface area contributed by atoms with Gasteiger partial charge in [0.25, 0.3) is 0 Å². The summed E-state index contributed by atoms with van der Waals surface area (Å²) >= 11 is 0. The molecule has 3 heteroatoms.